The Hall–Kier alpha value is -1.12. The van der Waals surface area contributed by atoms with Crippen LogP contribution < -0.4 is 155 Å². The minimum Gasteiger partial charge on any atom is -0.257 e. The van der Waals surface area contributed by atoms with Gasteiger partial charge in [0.25, 0.3) is 0 Å². The minimum atomic E-state index is 1.69. The van der Waals surface area contributed by atoms with Crippen molar-refractivity contribution in [3.8, 4) is 0 Å². The van der Waals surface area contributed by atoms with Gasteiger partial charge in [0.15, 0.2) is 0 Å². The third kappa shape index (κ3) is 26.9. The molecule has 0 aliphatic rings. The number of hydrazine groups is 27. The lowest BCUT2D eigenvalue weighted by atomic mass is 11.5. The largest absolute Gasteiger partial charge is 0.257 e. The third-order valence-electron chi connectivity index (χ3n) is 1.70. The summed E-state index contributed by atoms with van der Waals surface area (Å²) in [5.74, 6) is 4.92. The zero-order valence-electron chi connectivity index (χ0n) is 15.1. The van der Waals surface area contributed by atoms with Crippen LogP contribution in [-0.2, 0) is 0 Å². The fraction of sp³-hybridized carbons (Fsp3) is 1.00. The SMILES string of the molecule is CNNNNNNNNNNNNNNNNNNNNNNNNNNNN. The predicted octanol–water partition coefficient (Wildman–Crippen LogP) is -13.8. The Morgan fingerprint density at radius 2 is 0.448 bits per heavy atom. The van der Waals surface area contributed by atoms with Crippen molar-refractivity contribution < 1.29 is 0 Å². The molecular weight excluding hydrogens is 404 g/mol. The number of hydrogen-bond acceptors (Lipinski definition) is 28. The second-order valence-electron chi connectivity index (χ2n) is 3.52. The predicted molar refractivity (Wildman–Crippen MR) is 94.8 cm³/mol. The van der Waals surface area contributed by atoms with Crippen molar-refractivity contribution >= 4 is 0 Å². The van der Waals surface area contributed by atoms with Crippen LogP contribution in [0.15, 0.2) is 0 Å². The van der Waals surface area contributed by atoms with E-state index in [1.807, 2.05) is 0 Å². The van der Waals surface area contributed by atoms with Crippen LogP contribution in [0.3, 0.4) is 0 Å². The van der Waals surface area contributed by atoms with Crippen LogP contribution in [0.4, 0.5) is 0 Å². The lowest BCUT2D eigenvalue weighted by molar-refractivity contribution is 0.185. The van der Waals surface area contributed by atoms with E-state index in [1.54, 1.807) is 7.05 Å². The van der Waals surface area contributed by atoms with Gasteiger partial charge in [-0.05, 0) is 7.05 Å². The van der Waals surface area contributed by atoms with Crippen molar-refractivity contribution in [2.24, 2.45) is 5.84 Å². The molecule has 0 aromatic carbocycles. The first-order chi connectivity index (χ1) is 14.4. The highest BCUT2D eigenvalue weighted by molar-refractivity contribution is 4.19. The first-order valence-corrected chi connectivity index (χ1v) is 7.29. The summed E-state index contributed by atoms with van der Waals surface area (Å²) >= 11 is 0. The minimum absolute atomic E-state index is 1.69. The van der Waals surface area contributed by atoms with E-state index in [1.165, 1.54) is 0 Å². The van der Waals surface area contributed by atoms with E-state index >= 15 is 0 Å². The van der Waals surface area contributed by atoms with E-state index in [4.69, 9.17) is 5.84 Å². The highest BCUT2D eigenvalue weighted by atomic mass is 16.0. The molecule has 176 valence electrons. The lowest BCUT2D eigenvalue weighted by Crippen LogP contribution is -2.70. The molecule has 0 aromatic heterocycles. The molecule has 0 atom stereocenters. The van der Waals surface area contributed by atoms with Gasteiger partial charge in [0, 0.05) is 0 Å². The molecule has 0 amide bonds. The molecule has 0 bridgehead atoms. The van der Waals surface area contributed by atoms with Gasteiger partial charge < -0.3 is 0 Å². The summed E-state index contributed by atoms with van der Waals surface area (Å²) in [7, 11) is 1.69. The van der Waals surface area contributed by atoms with E-state index in [0.717, 1.165) is 0 Å². The summed E-state index contributed by atoms with van der Waals surface area (Å²) in [6.07, 6.45) is 0. The van der Waals surface area contributed by atoms with Gasteiger partial charge in [-0.1, -0.05) is 0 Å². The zero-order chi connectivity index (χ0) is 21.1. The van der Waals surface area contributed by atoms with Gasteiger partial charge in [0.2, 0.25) is 0 Å². The standard InChI is InChI=1S/CH32N28/c1-3-5-7-9-11-13-15-17-19-21-23-25-27-29-28-26-24-22-20-18-16-14-12-10-8-6-4-2/h3-29H,2H2,1H3. The summed E-state index contributed by atoms with van der Waals surface area (Å²) < 4.78 is 0. The highest BCUT2D eigenvalue weighted by Gasteiger charge is 1.85. The molecule has 0 aliphatic carbocycles. The van der Waals surface area contributed by atoms with Gasteiger partial charge in [-0.2, -0.15) is 144 Å². The third-order valence-corrected chi connectivity index (χ3v) is 1.70. The van der Waals surface area contributed by atoms with Crippen molar-refractivity contribution in [3.63, 3.8) is 0 Å². The van der Waals surface area contributed by atoms with Crippen LogP contribution in [-0.4, -0.2) is 7.05 Å². The van der Waals surface area contributed by atoms with Crippen molar-refractivity contribution in [1.82, 2.24) is 149 Å². The molecule has 0 heterocycles. The average molecular weight is 436 g/mol. The number of hydrogen-bond donors (Lipinski definition) is 28. The molecule has 0 rings (SSSR count). The molecule has 28 nitrogen and oxygen atoms in total. The molecular formula is CH32N28. The smallest absolute Gasteiger partial charge is 0.000111 e. The van der Waals surface area contributed by atoms with E-state index in [-0.39, 0.29) is 0 Å². The maximum atomic E-state index is 4.92. The zero-order valence-corrected chi connectivity index (χ0v) is 15.1. The summed E-state index contributed by atoms with van der Waals surface area (Å²) in [5.41, 5.74) is 66.9. The van der Waals surface area contributed by atoms with E-state index in [9.17, 15) is 0 Å². The van der Waals surface area contributed by atoms with E-state index in [2.05, 4.69) is 149 Å². The first-order valence-electron chi connectivity index (χ1n) is 7.29. The average Bonchev–Trinajstić information content (AvgIpc) is 2.74. The Morgan fingerprint density at radius 1 is 0.276 bits per heavy atom. The summed E-state index contributed by atoms with van der Waals surface area (Å²) in [5, 5.41) is 0. The first kappa shape index (κ1) is 27.9. The molecule has 0 radical (unpaired) electrons. The maximum absolute atomic E-state index is 4.92. The summed E-state index contributed by atoms with van der Waals surface area (Å²) in [4.78, 5) is 0. The van der Waals surface area contributed by atoms with Crippen molar-refractivity contribution in [2.75, 3.05) is 7.05 Å². The van der Waals surface area contributed by atoms with Gasteiger partial charge in [-0.3, -0.25) is 5.84 Å². The molecule has 0 spiro atoms. The Balaban J connectivity index is 2.97. The van der Waals surface area contributed by atoms with Crippen LogP contribution in [0, 0.1) is 0 Å². The molecule has 29 N–H and O–H groups in total. The van der Waals surface area contributed by atoms with E-state index in [0.29, 0.717) is 0 Å². The maximum Gasteiger partial charge on any atom is -0.000111 e. The number of nitrogens with two attached hydrogens (primary N) is 1. The molecule has 0 fully saturated rings. The quantitative estimate of drug-likeness (QED) is 0.0339. The molecule has 0 unspecified atom stereocenters. The van der Waals surface area contributed by atoms with Crippen LogP contribution in [0.25, 0.3) is 0 Å². The fourth-order valence-electron chi connectivity index (χ4n) is 0.817. The topological polar surface area (TPSA) is 351 Å². The second kappa shape index (κ2) is 26.9. The van der Waals surface area contributed by atoms with Gasteiger partial charge in [0.1, 0.15) is 0 Å². The molecule has 0 aliphatic heterocycles. The summed E-state index contributed by atoms with van der Waals surface area (Å²) in [6.45, 7) is 0. The molecule has 0 saturated carbocycles. The Bertz CT molecular complexity index is 237. The van der Waals surface area contributed by atoms with Crippen LogP contribution in [0.1, 0.15) is 0 Å². The van der Waals surface area contributed by atoms with Crippen molar-refractivity contribution in [1.29, 1.82) is 0 Å². The van der Waals surface area contributed by atoms with Crippen molar-refractivity contribution in [2.45, 2.75) is 0 Å². The molecule has 28 heteroatoms. The Morgan fingerprint density at radius 3 is 0.621 bits per heavy atom. The summed E-state index contributed by atoms with van der Waals surface area (Å²) in [6, 6.07) is 0. The van der Waals surface area contributed by atoms with Crippen molar-refractivity contribution in [3.05, 3.63) is 0 Å². The van der Waals surface area contributed by atoms with Crippen LogP contribution >= 0.6 is 0 Å². The Labute approximate surface area is 163 Å². The number of rotatable bonds is 26. The van der Waals surface area contributed by atoms with Gasteiger partial charge in [-0.15, -0.1) is 0 Å². The van der Waals surface area contributed by atoms with Gasteiger partial charge in [-0.25, -0.2) is 5.43 Å². The monoisotopic (exact) mass is 436 g/mol. The highest BCUT2D eigenvalue weighted by Crippen LogP contribution is 1.30. The van der Waals surface area contributed by atoms with Gasteiger partial charge in [0.05, 0.1) is 0 Å². The van der Waals surface area contributed by atoms with E-state index < -0.39 is 0 Å². The number of nitrogens with one attached hydrogen (secondary N) is 27. The van der Waals surface area contributed by atoms with Crippen LogP contribution in [0.5, 0.6) is 0 Å². The van der Waals surface area contributed by atoms with Crippen LogP contribution in [0.2, 0.25) is 0 Å². The van der Waals surface area contributed by atoms with Gasteiger partial charge >= 0.3 is 0 Å². The second-order valence-corrected chi connectivity index (χ2v) is 3.52. The molecule has 0 aromatic rings. The molecule has 29 heavy (non-hydrogen) atoms. The lowest BCUT2D eigenvalue weighted by Gasteiger charge is -2.15. The fourth-order valence-corrected chi connectivity index (χ4v) is 0.817. The normalized spacial score (nSPS) is 11.4. The Kier molecular flexibility index (Phi) is 25.8. The molecule has 0 saturated heterocycles.